The highest BCUT2D eigenvalue weighted by molar-refractivity contribution is 5.92. The zero-order valence-corrected chi connectivity index (χ0v) is 54.3. The van der Waals surface area contributed by atoms with Crippen molar-refractivity contribution in [1.29, 1.82) is 0 Å². The first-order valence-corrected chi connectivity index (χ1v) is 33.8. The number of fused-ring (bicyclic) bond motifs is 6. The van der Waals surface area contributed by atoms with Gasteiger partial charge in [-0.15, -0.1) is 0 Å². The summed E-state index contributed by atoms with van der Waals surface area (Å²) in [4.78, 5) is 4.78. The molecule has 15 aromatic rings. The minimum absolute atomic E-state index is 0.504. The lowest BCUT2D eigenvalue weighted by Gasteiger charge is -2.34. The summed E-state index contributed by atoms with van der Waals surface area (Å²) >= 11 is 0. The quantitative estimate of drug-likeness (QED) is 0.0951. The van der Waals surface area contributed by atoms with Gasteiger partial charge in [0.2, 0.25) is 0 Å². The van der Waals surface area contributed by atoms with Crippen LogP contribution in [-0.4, -0.2) is 0 Å². The van der Waals surface area contributed by atoms with E-state index in [9.17, 15) is 0 Å². The highest BCUT2D eigenvalue weighted by Gasteiger charge is 2.47. The maximum absolute atomic E-state index is 4.07. The van der Waals surface area contributed by atoms with E-state index in [1.54, 1.807) is 0 Å². The fourth-order valence-electron chi connectivity index (χ4n) is 15.8. The number of anilines is 6. The second-order valence-corrected chi connectivity index (χ2v) is 25.6. The minimum Gasteiger partial charge on any atom is -0.310 e. The van der Waals surface area contributed by atoms with Crippen molar-refractivity contribution in [1.82, 2.24) is 0 Å². The second-order valence-electron chi connectivity index (χ2n) is 25.6. The van der Waals surface area contributed by atoms with E-state index < -0.39 is 10.8 Å². The highest BCUT2D eigenvalue weighted by Crippen LogP contribution is 2.59. The first-order valence-electron chi connectivity index (χ1n) is 33.8. The summed E-state index contributed by atoms with van der Waals surface area (Å²) in [6.07, 6.45) is 3.81. The predicted molar refractivity (Wildman–Crippen MR) is 412 cm³/mol. The molecule has 0 N–H and O–H groups in total. The molecule has 0 saturated carbocycles. The lowest BCUT2D eigenvalue weighted by atomic mass is 9.67. The Morgan fingerprint density at radius 3 is 0.796 bits per heavy atom. The van der Waals surface area contributed by atoms with Gasteiger partial charge in [0, 0.05) is 34.1 Å². The molecular formula is C96H68N2. The van der Waals surface area contributed by atoms with Gasteiger partial charge in [0.15, 0.2) is 0 Å². The fraction of sp³-hybridized carbons (Fsp3) is 0.0208. The molecule has 2 aliphatic rings. The van der Waals surface area contributed by atoms with Gasteiger partial charge < -0.3 is 9.80 Å². The van der Waals surface area contributed by atoms with Gasteiger partial charge in [0.25, 0.3) is 0 Å². The van der Waals surface area contributed by atoms with Crippen LogP contribution in [0.25, 0.3) is 78.9 Å². The Morgan fingerprint density at radius 2 is 0.469 bits per heavy atom. The van der Waals surface area contributed by atoms with Gasteiger partial charge in [-0.05, 0) is 213 Å². The van der Waals surface area contributed by atoms with Crippen molar-refractivity contribution in [3.63, 3.8) is 0 Å². The number of hydrogen-bond donors (Lipinski definition) is 0. The van der Waals surface area contributed by atoms with Crippen molar-refractivity contribution >= 4 is 46.3 Å². The van der Waals surface area contributed by atoms with E-state index in [1.165, 1.54) is 66.8 Å². The molecule has 98 heavy (non-hydrogen) atoms. The minimum atomic E-state index is -0.504. The molecule has 0 radical (unpaired) electrons. The van der Waals surface area contributed by atoms with E-state index in [4.69, 9.17) is 0 Å². The largest absolute Gasteiger partial charge is 0.310 e. The molecule has 2 nitrogen and oxygen atoms in total. The normalized spacial score (nSPS) is 12.7. The summed E-state index contributed by atoms with van der Waals surface area (Å²) in [5.74, 6) is 0. The van der Waals surface area contributed by atoms with E-state index in [0.717, 1.165) is 89.8 Å². The van der Waals surface area contributed by atoms with Crippen LogP contribution in [0.3, 0.4) is 0 Å². The van der Waals surface area contributed by atoms with Crippen LogP contribution in [0.4, 0.5) is 34.1 Å². The van der Waals surface area contributed by atoms with Crippen molar-refractivity contribution in [2.75, 3.05) is 9.80 Å². The molecule has 0 saturated heterocycles. The highest BCUT2D eigenvalue weighted by atomic mass is 15.2. The number of benzene rings is 15. The van der Waals surface area contributed by atoms with Gasteiger partial charge in [-0.1, -0.05) is 310 Å². The third kappa shape index (κ3) is 10.0. The fourth-order valence-corrected chi connectivity index (χ4v) is 15.8. The van der Waals surface area contributed by atoms with Gasteiger partial charge in [-0.2, -0.15) is 0 Å². The van der Waals surface area contributed by atoms with Gasteiger partial charge >= 0.3 is 0 Å². The smallest absolute Gasteiger partial charge is 0.0713 e. The molecule has 2 heteroatoms. The molecule has 0 unspecified atom stereocenters. The summed E-state index contributed by atoms with van der Waals surface area (Å²) in [7, 11) is 0. The van der Waals surface area contributed by atoms with E-state index in [2.05, 4.69) is 399 Å². The molecule has 0 aliphatic heterocycles. The van der Waals surface area contributed by atoms with Crippen LogP contribution in [-0.2, 0) is 10.8 Å². The molecule has 0 bridgehead atoms. The second kappa shape index (κ2) is 24.9. The Hall–Kier alpha value is -12.6. The van der Waals surface area contributed by atoms with Crippen LogP contribution in [0, 0.1) is 0 Å². The third-order valence-corrected chi connectivity index (χ3v) is 20.3. The van der Waals surface area contributed by atoms with Crippen LogP contribution >= 0.6 is 0 Å². The van der Waals surface area contributed by atoms with Gasteiger partial charge in [-0.3, -0.25) is 0 Å². The van der Waals surface area contributed by atoms with E-state index in [0.29, 0.717) is 0 Å². The Kier molecular flexibility index (Phi) is 15.0. The lowest BCUT2D eigenvalue weighted by molar-refractivity contribution is 0.769. The van der Waals surface area contributed by atoms with Gasteiger partial charge in [0.05, 0.1) is 10.8 Å². The van der Waals surface area contributed by atoms with Crippen LogP contribution in [0.5, 0.6) is 0 Å². The zero-order valence-electron chi connectivity index (χ0n) is 54.3. The van der Waals surface area contributed by atoms with Gasteiger partial charge in [-0.25, -0.2) is 0 Å². The topological polar surface area (TPSA) is 6.48 Å². The summed E-state index contributed by atoms with van der Waals surface area (Å²) < 4.78 is 0. The van der Waals surface area contributed by atoms with Gasteiger partial charge in [0.1, 0.15) is 0 Å². The maximum Gasteiger partial charge on any atom is 0.0713 e. The average Bonchev–Trinajstić information content (AvgIpc) is 1.54. The van der Waals surface area contributed by atoms with E-state index in [-0.39, 0.29) is 0 Å². The van der Waals surface area contributed by atoms with E-state index >= 15 is 0 Å². The van der Waals surface area contributed by atoms with Crippen LogP contribution in [0.15, 0.2) is 389 Å². The van der Waals surface area contributed by atoms with Crippen molar-refractivity contribution in [2.24, 2.45) is 0 Å². The molecular weight excluding hydrogens is 1180 g/mol. The summed E-state index contributed by atoms with van der Waals surface area (Å²) in [5.41, 5.74) is 31.7. The Morgan fingerprint density at radius 1 is 0.194 bits per heavy atom. The average molecular weight is 1250 g/mol. The van der Waals surface area contributed by atoms with Crippen molar-refractivity contribution in [2.45, 2.75) is 10.8 Å². The predicted octanol–water partition coefficient (Wildman–Crippen LogP) is 25.3. The van der Waals surface area contributed by atoms with Crippen LogP contribution in [0.1, 0.15) is 55.6 Å². The van der Waals surface area contributed by atoms with Crippen molar-refractivity contribution in [3.05, 3.63) is 445 Å². The van der Waals surface area contributed by atoms with Crippen LogP contribution in [0.2, 0.25) is 0 Å². The summed E-state index contributed by atoms with van der Waals surface area (Å²) in [6, 6.07) is 139. The summed E-state index contributed by atoms with van der Waals surface area (Å²) in [6.45, 7) is 8.14. The zero-order chi connectivity index (χ0) is 65.6. The molecule has 15 aromatic carbocycles. The standard InChI is InChI=1S/C96H68N2/c1-3-67-24-21-26-73(62-67)69-42-52-81(53-43-69)97(83-56-46-71(47-57-83)75-50-60-89-87-38-17-19-40-91(87)95(93(89)64-75,77-28-9-5-10-29-77)78-30-11-6-12-31-78)85-36-23-37-86(66-85)98(82-54-44-70(45-55-82)74-27-22-25-68(4-2)63-74)84-58-48-72(49-59-84)76-51-61-90-88-39-18-20-41-92(88)96(94(90)65-76,79-32-13-7-14-33-79)80-34-15-8-16-35-80/h3-66H,1-2H2. The molecule has 462 valence electrons. The Labute approximate surface area is 575 Å². The molecule has 0 atom stereocenters. The first-order chi connectivity index (χ1) is 48.5. The lowest BCUT2D eigenvalue weighted by Crippen LogP contribution is -2.28. The SMILES string of the molecule is C=Cc1cccc(-c2ccc(N(c3ccc(-c4ccc5c(c4)C(c4ccccc4)(c4ccccc4)c4ccccc4-5)cc3)c3cccc(N(c4ccc(-c5cccc(C=C)c5)cc4)c4ccc(-c5ccc6c(c5)C(c5ccccc5)(c5ccccc5)c5ccccc5-6)cc4)c3)cc2)c1. The maximum atomic E-state index is 4.07. The molecule has 17 rings (SSSR count). The molecule has 0 fully saturated rings. The summed E-state index contributed by atoms with van der Waals surface area (Å²) in [5, 5.41) is 0. The number of rotatable bonds is 16. The molecule has 2 aliphatic carbocycles. The Bertz CT molecular complexity index is 5030. The molecule has 0 heterocycles. The first kappa shape index (κ1) is 59.1. The monoisotopic (exact) mass is 1250 g/mol. The molecule has 0 spiro atoms. The molecule has 0 amide bonds. The number of nitrogens with zero attached hydrogens (tertiary/aromatic N) is 2. The van der Waals surface area contributed by atoms with E-state index in [1.807, 2.05) is 12.2 Å². The van der Waals surface area contributed by atoms with Crippen molar-refractivity contribution in [3.8, 4) is 66.8 Å². The van der Waals surface area contributed by atoms with Crippen LogP contribution < -0.4 is 9.80 Å². The number of hydrogen-bond acceptors (Lipinski definition) is 2. The van der Waals surface area contributed by atoms with Crippen molar-refractivity contribution < 1.29 is 0 Å². The molecule has 0 aromatic heterocycles. The Balaban J connectivity index is 0.780. The third-order valence-electron chi connectivity index (χ3n) is 20.3.